The van der Waals surface area contributed by atoms with E-state index in [-0.39, 0.29) is 4.90 Å². The summed E-state index contributed by atoms with van der Waals surface area (Å²) < 4.78 is 29.6. The standard InChI is InChI=1S/C21H20S.C7H8O3S/c1-14-15(2)19(17-10-6-4-7-11-17)20(21(22)16(14)3)18-12-8-5-9-13-18;1-6-2-4-7(5-3-6)11(8,9)10/h4-13,22H,1-3H3;2-5H,1H3,(H,8,9,10). The van der Waals surface area contributed by atoms with Crippen LogP contribution in [0, 0.1) is 27.7 Å². The van der Waals surface area contributed by atoms with Crippen molar-refractivity contribution in [2.75, 3.05) is 0 Å². The van der Waals surface area contributed by atoms with E-state index in [2.05, 4.69) is 81.4 Å². The minimum atomic E-state index is -4.02. The number of hydrogen-bond acceptors (Lipinski definition) is 3. The lowest BCUT2D eigenvalue weighted by molar-refractivity contribution is 0.483. The fraction of sp³-hybridized carbons (Fsp3) is 0.143. The van der Waals surface area contributed by atoms with Crippen molar-refractivity contribution in [3.8, 4) is 22.3 Å². The van der Waals surface area contributed by atoms with Gasteiger partial charge in [0.2, 0.25) is 0 Å². The van der Waals surface area contributed by atoms with Gasteiger partial charge in [-0.1, -0.05) is 78.4 Å². The Bertz CT molecular complexity index is 1270. The van der Waals surface area contributed by atoms with E-state index in [1.54, 1.807) is 12.1 Å². The first kappa shape index (κ1) is 24.8. The highest BCUT2D eigenvalue weighted by Crippen LogP contribution is 2.42. The van der Waals surface area contributed by atoms with Crippen LogP contribution in [-0.4, -0.2) is 13.0 Å². The maximum absolute atomic E-state index is 10.5. The molecule has 4 aromatic rings. The molecule has 0 atom stereocenters. The van der Waals surface area contributed by atoms with Gasteiger partial charge in [-0.2, -0.15) is 8.42 Å². The number of aryl methyl sites for hydroxylation is 1. The molecule has 0 aliphatic carbocycles. The molecule has 4 rings (SSSR count). The summed E-state index contributed by atoms with van der Waals surface area (Å²) in [6.45, 7) is 8.40. The molecular formula is C28H28O3S2. The minimum Gasteiger partial charge on any atom is -0.282 e. The Morgan fingerprint density at radius 2 is 1.06 bits per heavy atom. The normalized spacial score (nSPS) is 11.0. The molecule has 4 aromatic carbocycles. The molecule has 0 unspecified atom stereocenters. The van der Waals surface area contributed by atoms with E-state index in [4.69, 9.17) is 17.2 Å². The van der Waals surface area contributed by atoms with Gasteiger partial charge in [-0.05, 0) is 73.2 Å². The van der Waals surface area contributed by atoms with Crippen molar-refractivity contribution in [3.05, 3.63) is 107 Å². The topological polar surface area (TPSA) is 54.4 Å². The molecule has 0 saturated heterocycles. The fourth-order valence-electron chi connectivity index (χ4n) is 3.70. The van der Waals surface area contributed by atoms with E-state index in [9.17, 15) is 8.42 Å². The van der Waals surface area contributed by atoms with E-state index in [0.29, 0.717) is 0 Å². The number of benzene rings is 4. The van der Waals surface area contributed by atoms with Gasteiger partial charge in [0.05, 0.1) is 4.90 Å². The molecule has 1 N–H and O–H groups in total. The molecule has 0 aliphatic heterocycles. The van der Waals surface area contributed by atoms with Crippen LogP contribution >= 0.6 is 12.6 Å². The van der Waals surface area contributed by atoms with E-state index in [1.165, 1.54) is 51.1 Å². The summed E-state index contributed by atoms with van der Waals surface area (Å²) in [6, 6.07) is 27.1. The van der Waals surface area contributed by atoms with E-state index in [0.717, 1.165) is 10.5 Å². The molecular weight excluding hydrogens is 448 g/mol. The molecule has 0 bridgehead atoms. The van der Waals surface area contributed by atoms with Crippen LogP contribution in [0.3, 0.4) is 0 Å². The second kappa shape index (κ2) is 10.4. The second-order valence-electron chi connectivity index (χ2n) is 7.99. The smallest absolute Gasteiger partial charge is 0.282 e. The van der Waals surface area contributed by atoms with Crippen molar-refractivity contribution in [2.45, 2.75) is 37.5 Å². The maximum atomic E-state index is 10.5. The van der Waals surface area contributed by atoms with Gasteiger partial charge < -0.3 is 0 Å². The van der Waals surface area contributed by atoms with Gasteiger partial charge >= 0.3 is 0 Å². The Morgan fingerprint density at radius 1 is 0.606 bits per heavy atom. The van der Waals surface area contributed by atoms with Crippen molar-refractivity contribution in [1.29, 1.82) is 0 Å². The summed E-state index contributed by atoms with van der Waals surface area (Å²) in [5, 5.41) is 0. The van der Waals surface area contributed by atoms with Crippen molar-refractivity contribution >= 4 is 22.7 Å². The Kier molecular flexibility index (Phi) is 7.80. The Labute approximate surface area is 202 Å². The Morgan fingerprint density at radius 3 is 1.52 bits per heavy atom. The third kappa shape index (κ3) is 5.74. The number of thiol groups is 1. The summed E-state index contributed by atoms with van der Waals surface area (Å²) in [6.07, 6.45) is 0. The van der Waals surface area contributed by atoms with Gasteiger partial charge in [-0.25, -0.2) is 0 Å². The van der Waals surface area contributed by atoms with E-state index in [1.807, 2.05) is 6.92 Å². The zero-order valence-electron chi connectivity index (χ0n) is 19.2. The molecule has 5 heteroatoms. The van der Waals surface area contributed by atoms with Crippen LogP contribution < -0.4 is 0 Å². The summed E-state index contributed by atoms with van der Waals surface area (Å²) in [7, 11) is -4.02. The van der Waals surface area contributed by atoms with Crippen LogP contribution in [0.1, 0.15) is 22.3 Å². The van der Waals surface area contributed by atoms with Gasteiger partial charge in [0.1, 0.15) is 0 Å². The van der Waals surface area contributed by atoms with Crippen molar-refractivity contribution < 1.29 is 13.0 Å². The number of hydrogen-bond donors (Lipinski definition) is 2. The average Bonchev–Trinajstić information content (AvgIpc) is 2.81. The predicted molar refractivity (Wildman–Crippen MR) is 140 cm³/mol. The van der Waals surface area contributed by atoms with Crippen LogP contribution in [0.5, 0.6) is 0 Å². The van der Waals surface area contributed by atoms with Crippen LogP contribution in [-0.2, 0) is 10.1 Å². The van der Waals surface area contributed by atoms with E-state index < -0.39 is 10.1 Å². The minimum absolute atomic E-state index is 0.0666. The highest BCUT2D eigenvalue weighted by Gasteiger charge is 2.18. The van der Waals surface area contributed by atoms with Crippen molar-refractivity contribution in [1.82, 2.24) is 0 Å². The van der Waals surface area contributed by atoms with Gasteiger partial charge in [0.15, 0.2) is 0 Å². The monoisotopic (exact) mass is 476 g/mol. The van der Waals surface area contributed by atoms with Gasteiger partial charge in [-0.15, -0.1) is 12.6 Å². The van der Waals surface area contributed by atoms with Gasteiger partial charge in [0.25, 0.3) is 10.1 Å². The van der Waals surface area contributed by atoms with Gasteiger partial charge in [0, 0.05) is 10.5 Å². The summed E-state index contributed by atoms with van der Waals surface area (Å²) in [5.41, 5.74) is 9.87. The largest absolute Gasteiger partial charge is 0.294 e. The highest BCUT2D eigenvalue weighted by molar-refractivity contribution is 7.85. The van der Waals surface area contributed by atoms with Crippen molar-refractivity contribution in [2.24, 2.45) is 0 Å². The first-order valence-corrected chi connectivity index (χ1v) is 12.5. The molecule has 0 aromatic heterocycles. The van der Waals surface area contributed by atoms with E-state index >= 15 is 0 Å². The second-order valence-corrected chi connectivity index (χ2v) is 9.86. The van der Waals surface area contributed by atoms with Crippen LogP contribution in [0.4, 0.5) is 0 Å². The van der Waals surface area contributed by atoms with Gasteiger partial charge in [-0.3, -0.25) is 4.55 Å². The number of rotatable bonds is 3. The third-order valence-corrected chi connectivity index (χ3v) is 7.21. The summed E-state index contributed by atoms with van der Waals surface area (Å²) in [4.78, 5) is 1.01. The first-order valence-electron chi connectivity index (χ1n) is 10.6. The average molecular weight is 477 g/mol. The highest BCUT2D eigenvalue weighted by atomic mass is 32.2. The molecule has 0 aliphatic rings. The Balaban J connectivity index is 0.000000235. The molecule has 0 fully saturated rings. The molecule has 0 saturated carbocycles. The molecule has 0 heterocycles. The molecule has 33 heavy (non-hydrogen) atoms. The lowest BCUT2D eigenvalue weighted by Gasteiger charge is -2.21. The maximum Gasteiger partial charge on any atom is 0.294 e. The molecule has 0 radical (unpaired) electrons. The lowest BCUT2D eigenvalue weighted by Crippen LogP contribution is -1.98. The summed E-state index contributed by atoms with van der Waals surface area (Å²) in [5.74, 6) is 0. The zero-order valence-corrected chi connectivity index (χ0v) is 20.9. The van der Waals surface area contributed by atoms with Crippen molar-refractivity contribution in [3.63, 3.8) is 0 Å². The Hall–Kier alpha value is -2.86. The molecule has 0 amide bonds. The van der Waals surface area contributed by atoms with Crippen LogP contribution in [0.25, 0.3) is 22.3 Å². The van der Waals surface area contributed by atoms with Crippen LogP contribution in [0.15, 0.2) is 94.7 Å². The first-order chi connectivity index (χ1) is 15.6. The summed E-state index contributed by atoms with van der Waals surface area (Å²) >= 11 is 4.86. The molecule has 0 spiro atoms. The van der Waals surface area contributed by atoms with Crippen LogP contribution in [0.2, 0.25) is 0 Å². The third-order valence-electron chi connectivity index (χ3n) is 5.79. The SMILES string of the molecule is Cc1c(C)c(S)c(-c2ccccc2)c(-c2ccccc2)c1C.Cc1ccc(S(=O)(=O)O)cc1. The quantitative estimate of drug-likeness (QED) is 0.238. The molecule has 170 valence electrons. The zero-order chi connectivity index (χ0) is 24.2. The predicted octanol–water partition coefficient (Wildman–Crippen LogP) is 7.48. The molecule has 3 nitrogen and oxygen atoms in total. The fourth-order valence-corrected chi connectivity index (χ4v) is 4.59. The lowest BCUT2D eigenvalue weighted by atomic mass is 9.86.